The molecular formula is C18H20F2N2O2. The second-order valence-corrected chi connectivity index (χ2v) is 5.47. The minimum atomic E-state index is -0.706. The third-order valence-electron chi connectivity index (χ3n) is 3.38. The van der Waals surface area contributed by atoms with Gasteiger partial charge in [-0.05, 0) is 50.5 Å². The SMILES string of the molecule is Cc1cc(NC(=O)CCCCCOc2ccc(F)cc2F)ccn1. The summed E-state index contributed by atoms with van der Waals surface area (Å²) in [6.45, 7) is 2.19. The average Bonchev–Trinajstić information content (AvgIpc) is 2.52. The fraction of sp³-hybridized carbons (Fsp3) is 0.333. The average molecular weight is 334 g/mol. The first-order valence-electron chi connectivity index (χ1n) is 7.85. The molecule has 0 bridgehead atoms. The first kappa shape index (κ1) is 17.8. The molecular weight excluding hydrogens is 314 g/mol. The van der Waals surface area contributed by atoms with Crippen molar-refractivity contribution in [2.45, 2.75) is 32.6 Å². The zero-order valence-electron chi connectivity index (χ0n) is 13.5. The quantitative estimate of drug-likeness (QED) is 0.734. The lowest BCUT2D eigenvalue weighted by molar-refractivity contribution is -0.116. The highest BCUT2D eigenvalue weighted by Gasteiger charge is 2.05. The summed E-state index contributed by atoms with van der Waals surface area (Å²) in [5.74, 6) is -1.34. The van der Waals surface area contributed by atoms with Gasteiger partial charge in [-0.2, -0.15) is 0 Å². The molecule has 1 N–H and O–H groups in total. The monoisotopic (exact) mass is 334 g/mol. The summed E-state index contributed by atoms with van der Waals surface area (Å²) in [6.07, 6.45) is 4.25. The van der Waals surface area contributed by atoms with Gasteiger partial charge >= 0.3 is 0 Å². The van der Waals surface area contributed by atoms with Crippen molar-refractivity contribution < 1.29 is 18.3 Å². The van der Waals surface area contributed by atoms with Crippen molar-refractivity contribution >= 4 is 11.6 Å². The van der Waals surface area contributed by atoms with Crippen LogP contribution in [0.2, 0.25) is 0 Å². The van der Waals surface area contributed by atoms with E-state index in [1.54, 1.807) is 12.3 Å². The van der Waals surface area contributed by atoms with Gasteiger partial charge in [0, 0.05) is 30.1 Å². The largest absolute Gasteiger partial charge is 0.491 e. The predicted molar refractivity (Wildman–Crippen MR) is 87.9 cm³/mol. The number of carbonyl (C=O) groups is 1. The molecule has 1 heterocycles. The number of amides is 1. The van der Waals surface area contributed by atoms with Crippen molar-refractivity contribution in [3.63, 3.8) is 0 Å². The maximum absolute atomic E-state index is 13.3. The second-order valence-electron chi connectivity index (χ2n) is 5.47. The number of aromatic nitrogens is 1. The number of ether oxygens (including phenoxy) is 1. The lowest BCUT2D eigenvalue weighted by Gasteiger charge is -2.08. The summed E-state index contributed by atoms with van der Waals surface area (Å²) in [5, 5.41) is 2.82. The smallest absolute Gasteiger partial charge is 0.224 e. The molecule has 0 spiro atoms. The van der Waals surface area contributed by atoms with E-state index in [0.717, 1.165) is 29.9 Å². The second kappa shape index (κ2) is 8.96. The number of nitrogens with zero attached hydrogens (tertiary/aromatic N) is 1. The molecule has 0 saturated carbocycles. The highest BCUT2D eigenvalue weighted by atomic mass is 19.1. The summed E-state index contributed by atoms with van der Waals surface area (Å²) in [6, 6.07) is 6.78. The van der Waals surface area contributed by atoms with E-state index in [1.807, 2.05) is 13.0 Å². The maximum atomic E-state index is 13.3. The van der Waals surface area contributed by atoms with Gasteiger partial charge < -0.3 is 10.1 Å². The highest BCUT2D eigenvalue weighted by Crippen LogP contribution is 2.18. The Balaban J connectivity index is 1.60. The fourth-order valence-electron chi connectivity index (χ4n) is 2.19. The van der Waals surface area contributed by atoms with E-state index in [1.165, 1.54) is 6.07 Å². The van der Waals surface area contributed by atoms with Crippen LogP contribution < -0.4 is 10.1 Å². The minimum Gasteiger partial charge on any atom is -0.491 e. The van der Waals surface area contributed by atoms with Crippen LogP contribution >= 0.6 is 0 Å². The van der Waals surface area contributed by atoms with E-state index in [9.17, 15) is 13.6 Å². The Morgan fingerprint density at radius 1 is 1.17 bits per heavy atom. The normalized spacial score (nSPS) is 10.5. The molecule has 0 aliphatic heterocycles. The van der Waals surface area contributed by atoms with Crippen LogP contribution in [0.5, 0.6) is 5.75 Å². The van der Waals surface area contributed by atoms with Crippen LogP contribution in [0.15, 0.2) is 36.5 Å². The first-order chi connectivity index (χ1) is 11.5. The van der Waals surface area contributed by atoms with Crippen molar-refractivity contribution in [1.82, 2.24) is 4.98 Å². The summed E-state index contributed by atoms with van der Waals surface area (Å²) >= 11 is 0. The van der Waals surface area contributed by atoms with E-state index >= 15 is 0 Å². The van der Waals surface area contributed by atoms with Crippen molar-refractivity contribution in [2.24, 2.45) is 0 Å². The molecule has 0 aliphatic rings. The van der Waals surface area contributed by atoms with Crippen LogP contribution in [-0.2, 0) is 4.79 Å². The lowest BCUT2D eigenvalue weighted by Crippen LogP contribution is -2.11. The van der Waals surface area contributed by atoms with Gasteiger partial charge in [0.25, 0.3) is 0 Å². The van der Waals surface area contributed by atoms with Crippen molar-refractivity contribution in [3.8, 4) is 5.75 Å². The summed E-state index contributed by atoms with van der Waals surface area (Å²) in [4.78, 5) is 15.9. The number of rotatable bonds is 8. The van der Waals surface area contributed by atoms with Gasteiger partial charge in [-0.3, -0.25) is 9.78 Å². The molecule has 0 radical (unpaired) electrons. The van der Waals surface area contributed by atoms with Crippen LogP contribution in [0.25, 0.3) is 0 Å². The third-order valence-corrected chi connectivity index (χ3v) is 3.38. The molecule has 128 valence electrons. The Morgan fingerprint density at radius 2 is 2.00 bits per heavy atom. The summed E-state index contributed by atoms with van der Waals surface area (Å²) < 4.78 is 31.4. The van der Waals surface area contributed by atoms with E-state index in [2.05, 4.69) is 10.3 Å². The van der Waals surface area contributed by atoms with E-state index in [0.29, 0.717) is 25.9 Å². The molecule has 0 saturated heterocycles. The van der Waals surface area contributed by atoms with Crippen LogP contribution in [-0.4, -0.2) is 17.5 Å². The van der Waals surface area contributed by atoms with Crippen molar-refractivity contribution in [2.75, 3.05) is 11.9 Å². The highest BCUT2D eigenvalue weighted by molar-refractivity contribution is 5.90. The van der Waals surface area contributed by atoms with Crippen molar-refractivity contribution in [3.05, 3.63) is 53.9 Å². The van der Waals surface area contributed by atoms with E-state index < -0.39 is 11.6 Å². The van der Waals surface area contributed by atoms with E-state index in [-0.39, 0.29) is 11.7 Å². The Morgan fingerprint density at radius 3 is 2.75 bits per heavy atom. The number of hydrogen-bond acceptors (Lipinski definition) is 3. The Bertz CT molecular complexity index is 692. The number of benzene rings is 1. The van der Waals surface area contributed by atoms with Crippen LogP contribution in [0, 0.1) is 18.6 Å². The standard InChI is InChI=1S/C18H20F2N2O2/c1-13-11-15(8-9-21-13)22-18(23)5-3-2-4-10-24-17-7-6-14(19)12-16(17)20/h6-9,11-12H,2-5,10H2,1H3,(H,21,22,23). The third kappa shape index (κ3) is 5.95. The van der Waals surface area contributed by atoms with Gasteiger partial charge in [-0.1, -0.05) is 0 Å². The molecule has 1 aromatic heterocycles. The molecule has 6 heteroatoms. The Kier molecular flexibility index (Phi) is 6.66. The molecule has 2 rings (SSSR count). The van der Waals surface area contributed by atoms with E-state index in [4.69, 9.17) is 4.74 Å². The Hall–Kier alpha value is -2.50. The summed E-state index contributed by atoms with van der Waals surface area (Å²) in [5.41, 5.74) is 1.58. The van der Waals surface area contributed by atoms with Crippen molar-refractivity contribution in [1.29, 1.82) is 0 Å². The van der Waals surface area contributed by atoms with Crippen LogP contribution in [0.1, 0.15) is 31.4 Å². The Labute approximate surface area is 139 Å². The topological polar surface area (TPSA) is 51.2 Å². The molecule has 0 aliphatic carbocycles. The lowest BCUT2D eigenvalue weighted by atomic mass is 10.2. The first-order valence-corrected chi connectivity index (χ1v) is 7.85. The zero-order valence-corrected chi connectivity index (χ0v) is 13.5. The molecule has 4 nitrogen and oxygen atoms in total. The van der Waals surface area contributed by atoms with Gasteiger partial charge in [0.15, 0.2) is 11.6 Å². The van der Waals surface area contributed by atoms with Gasteiger partial charge in [0.2, 0.25) is 5.91 Å². The molecule has 2 aromatic rings. The zero-order chi connectivity index (χ0) is 17.4. The molecule has 24 heavy (non-hydrogen) atoms. The number of pyridine rings is 1. The van der Waals surface area contributed by atoms with Crippen LogP contribution in [0.3, 0.4) is 0 Å². The van der Waals surface area contributed by atoms with Gasteiger partial charge in [-0.25, -0.2) is 8.78 Å². The van der Waals surface area contributed by atoms with Crippen LogP contribution in [0.4, 0.5) is 14.5 Å². The molecule has 1 amide bonds. The fourth-order valence-corrected chi connectivity index (χ4v) is 2.19. The number of hydrogen-bond donors (Lipinski definition) is 1. The van der Waals surface area contributed by atoms with Gasteiger partial charge in [0.05, 0.1) is 6.61 Å². The number of carbonyl (C=O) groups excluding carboxylic acids is 1. The predicted octanol–water partition coefficient (Wildman–Crippen LogP) is 4.25. The number of nitrogens with one attached hydrogen (secondary N) is 1. The molecule has 0 fully saturated rings. The number of aryl methyl sites for hydroxylation is 1. The number of unbranched alkanes of at least 4 members (excludes halogenated alkanes) is 2. The van der Waals surface area contributed by atoms with Gasteiger partial charge in [0.1, 0.15) is 5.82 Å². The molecule has 0 unspecified atom stereocenters. The number of halogens is 2. The van der Waals surface area contributed by atoms with Gasteiger partial charge in [-0.15, -0.1) is 0 Å². The molecule has 0 atom stereocenters. The minimum absolute atomic E-state index is 0.0437. The number of anilines is 1. The maximum Gasteiger partial charge on any atom is 0.224 e. The summed E-state index contributed by atoms with van der Waals surface area (Å²) in [7, 11) is 0. The molecule has 1 aromatic carbocycles.